The Hall–Kier alpha value is -9.87. The van der Waals surface area contributed by atoms with E-state index in [1.807, 2.05) is 5.32 Å². The molecule has 0 saturated carbocycles. The molecule has 1 aliphatic rings. The van der Waals surface area contributed by atoms with Gasteiger partial charge in [0.2, 0.25) is 82.7 Å². The van der Waals surface area contributed by atoms with Crippen molar-refractivity contribution < 1.29 is 82.1 Å². The van der Waals surface area contributed by atoms with E-state index in [4.69, 9.17) is 22.9 Å². The number of aliphatic hydroxyl groups is 1. The van der Waals surface area contributed by atoms with Crippen LogP contribution < -0.4 is 81.4 Å². The number of H-pyrrole nitrogens is 2. The van der Waals surface area contributed by atoms with E-state index in [1.165, 1.54) is 45.8 Å². The lowest BCUT2D eigenvalue weighted by atomic mass is 9.90. The van der Waals surface area contributed by atoms with Crippen molar-refractivity contribution in [1.82, 2.24) is 78.4 Å². The minimum atomic E-state index is -2.00. The van der Waals surface area contributed by atoms with E-state index in [0.29, 0.717) is 24.2 Å². The Morgan fingerprint density at radius 2 is 1.16 bits per heavy atom. The van der Waals surface area contributed by atoms with Gasteiger partial charge in [0.15, 0.2) is 0 Å². The zero-order chi connectivity index (χ0) is 74.2. The van der Waals surface area contributed by atoms with E-state index in [2.05, 4.69) is 73.1 Å². The molecule has 0 unspecified atom stereocenters. The summed E-state index contributed by atoms with van der Waals surface area (Å²) in [4.78, 5) is 219. The zero-order valence-corrected chi connectivity index (χ0v) is 57.2. The van der Waals surface area contributed by atoms with Gasteiger partial charge in [-0.3, -0.25) is 71.9 Å². The number of carbonyl (C=O) groups is 15. The van der Waals surface area contributed by atoms with Gasteiger partial charge < -0.3 is 102 Å². The van der Waals surface area contributed by atoms with Gasteiger partial charge in [-0.05, 0) is 116 Å². The molecule has 2 aromatic rings. The van der Waals surface area contributed by atoms with Crippen molar-refractivity contribution in [3.8, 4) is 0 Å². The van der Waals surface area contributed by atoms with Gasteiger partial charge in [-0.15, -0.1) is 0 Å². The van der Waals surface area contributed by atoms with Crippen LogP contribution >= 0.6 is 0 Å². The number of aliphatic carboxylic acids is 1. The number of aliphatic hydroxyl groups excluding tert-OH is 1. The maximum absolute atomic E-state index is 15.0. The summed E-state index contributed by atoms with van der Waals surface area (Å²) in [5.41, 5.74) is 19.0. The highest BCUT2D eigenvalue weighted by atomic mass is 16.4. The Morgan fingerprint density at radius 3 is 1.71 bits per heavy atom. The Morgan fingerprint density at radius 1 is 0.616 bits per heavy atom. The molecule has 0 saturated heterocycles. The summed E-state index contributed by atoms with van der Waals surface area (Å²) < 4.78 is 0. The van der Waals surface area contributed by atoms with Crippen molar-refractivity contribution in [1.29, 1.82) is 0 Å². The molecule has 0 aromatic carbocycles. The average molecular weight is 1400 g/mol. The number of imidazole rings is 2. The van der Waals surface area contributed by atoms with Crippen LogP contribution in [0.2, 0.25) is 0 Å². The fraction of sp³-hybridized carbons (Fsp3) is 0.635. The topological polar surface area (TPSA) is 590 Å². The number of unbranched alkanes of at least 4 members (excludes halogenated alkanes) is 1. The molecule has 23 N–H and O–H groups in total. The maximum atomic E-state index is 15.0. The highest BCUT2D eigenvalue weighted by Gasteiger charge is 2.43. The Bertz CT molecular complexity index is 3130. The summed E-state index contributed by atoms with van der Waals surface area (Å²) >= 11 is 0. The number of amides is 14. The van der Waals surface area contributed by atoms with Crippen molar-refractivity contribution in [2.24, 2.45) is 34.8 Å². The fourth-order valence-corrected chi connectivity index (χ4v) is 10.6. The van der Waals surface area contributed by atoms with Crippen LogP contribution in [0.1, 0.15) is 163 Å². The molecular weight excluding hydrogens is 1290 g/mol. The predicted octanol–water partition coefficient (Wildman–Crippen LogP) is -4.33. The molecule has 0 bridgehead atoms. The SMILES string of the molecule is CC(=O)N[C@@H](Cc1cnc[nH]1)C(=O)N[C@@H](CCCCN)C(=O)N[C@@]1(C)CCCC=CCCC[C@@](C)(C(=O)N[C@@H](CC(C)C)C(=O)N[C@@H](CCC(N)=O)C(=O)N[C@@H](CC(=O)O)C(=O)N[C@@H](CO)C(N)=O)NC(=O)[C@H](CCC(N)=O)NC(=O)[C@H](Cc2cnc[nH]2)NC(=O)[C@H](CC(C)C)NC1=O. The van der Waals surface area contributed by atoms with Crippen LogP contribution in [-0.2, 0) is 84.8 Å². The first-order valence-electron chi connectivity index (χ1n) is 32.9. The molecule has 1 aliphatic heterocycles. The van der Waals surface area contributed by atoms with Gasteiger partial charge in [0, 0.05) is 56.4 Å². The third-order valence-electron chi connectivity index (χ3n) is 16.1. The van der Waals surface area contributed by atoms with Crippen molar-refractivity contribution in [3.05, 3.63) is 48.6 Å². The second-order valence-electron chi connectivity index (χ2n) is 25.9. The number of aromatic amines is 2. The second-order valence-corrected chi connectivity index (χ2v) is 25.9. The Balaban J connectivity index is 2.17. The van der Waals surface area contributed by atoms with Crippen LogP contribution in [0.5, 0.6) is 0 Å². The van der Waals surface area contributed by atoms with Crippen molar-refractivity contribution in [2.45, 2.75) is 229 Å². The third-order valence-corrected chi connectivity index (χ3v) is 16.1. The molecule has 2 aromatic heterocycles. The van der Waals surface area contributed by atoms with Gasteiger partial charge in [0.1, 0.15) is 65.5 Å². The highest BCUT2D eigenvalue weighted by molar-refractivity contribution is 6.01. The number of carbonyl (C=O) groups excluding carboxylic acids is 14. The van der Waals surface area contributed by atoms with Gasteiger partial charge in [-0.1, -0.05) is 39.8 Å². The molecule has 11 atom stereocenters. The monoisotopic (exact) mass is 1400 g/mol. The molecule has 99 heavy (non-hydrogen) atoms. The first kappa shape index (κ1) is 83.4. The number of nitrogens with one attached hydrogen (secondary N) is 13. The smallest absolute Gasteiger partial charge is 0.305 e. The molecule has 0 radical (unpaired) electrons. The quantitative estimate of drug-likeness (QED) is 0.0229. The summed E-state index contributed by atoms with van der Waals surface area (Å²) in [5.74, 6) is -15.5. The van der Waals surface area contributed by atoms with E-state index in [9.17, 15) is 77.3 Å². The summed E-state index contributed by atoms with van der Waals surface area (Å²) in [6, 6.07) is -14.0. The van der Waals surface area contributed by atoms with Crippen LogP contribution in [-0.4, -0.2) is 197 Å². The molecule has 3 rings (SSSR count). The maximum Gasteiger partial charge on any atom is 0.305 e. The van der Waals surface area contributed by atoms with E-state index in [-0.39, 0.29) is 89.0 Å². The van der Waals surface area contributed by atoms with Crippen LogP contribution in [0.15, 0.2) is 37.2 Å². The third kappa shape index (κ3) is 29.8. The standard InChI is InChI=1S/C63H101N19O17/c1-34(2)24-42(53(91)74-40(17-19-48(65)85)52(90)77-46(28-50(87)88)57(95)78-47(31-83)51(67)89)79-61(99)63(7)22-14-11-9-8-10-13-21-62(6,81-58(96)39(16-12-15-23-64)73-55(93)44(72-36(5)84)26-37-29-68-32-70-37)60(98)80-43(25-35(3)4)54(92)76-45(27-38-30-69-33-71-38)56(94)75-41(59(97)82-63)18-20-49(66)86/h8-9,29-30,32-35,39-47,83H,10-28,31,64H2,1-7H3,(H2,65,85)(H2,66,86)(H2,67,89)(H,68,70)(H,69,71)(H,72,84)(H,73,93)(H,74,91)(H,75,94)(H,76,92)(H,77,90)(H,78,95)(H,79,99)(H,80,98)(H,81,96)(H,82,97)(H,87,88)/t39-,40-,41-,42-,43-,44-,45-,46-,47-,62-,63-/m0/s1. The first-order chi connectivity index (χ1) is 46.6. The van der Waals surface area contributed by atoms with Gasteiger partial charge in [0.25, 0.3) is 0 Å². The van der Waals surface area contributed by atoms with Crippen LogP contribution in [0.3, 0.4) is 0 Å². The summed E-state index contributed by atoms with van der Waals surface area (Å²) in [5, 5.41) is 47.5. The minimum Gasteiger partial charge on any atom is -0.481 e. The van der Waals surface area contributed by atoms with E-state index >= 15 is 4.79 Å². The van der Waals surface area contributed by atoms with Gasteiger partial charge in [-0.25, -0.2) is 9.97 Å². The van der Waals surface area contributed by atoms with Crippen molar-refractivity contribution >= 4 is 88.7 Å². The van der Waals surface area contributed by atoms with E-state index in [0.717, 1.165) is 0 Å². The molecule has 14 amide bonds. The molecule has 3 heterocycles. The number of hydrogen-bond acceptors (Lipinski definition) is 19. The number of nitrogens with two attached hydrogens (primary N) is 4. The number of hydrogen-bond donors (Lipinski definition) is 19. The molecule has 0 fully saturated rings. The number of carboxylic acids is 1. The number of allylic oxidation sites excluding steroid dienone is 2. The number of nitrogens with zero attached hydrogens (tertiary/aromatic N) is 2. The summed E-state index contributed by atoms with van der Waals surface area (Å²) in [6.45, 7) is 10.2. The van der Waals surface area contributed by atoms with Gasteiger partial charge in [-0.2, -0.15) is 0 Å². The van der Waals surface area contributed by atoms with Crippen molar-refractivity contribution in [3.63, 3.8) is 0 Å². The largest absolute Gasteiger partial charge is 0.481 e. The van der Waals surface area contributed by atoms with Crippen LogP contribution in [0.25, 0.3) is 0 Å². The number of aromatic nitrogens is 4. The Labute approximate surface area is 573 Å². The molecule has 0 spiro atoms. The lowest BCUT2D eigenvalue weighted by molar-refractivity contribution is -0.141. The molecule has 550 valence electrons. The highest BCUT2D eigenvalue weighted by Crippen LogP contribution is 2.22. The fourth-order valence-electron chi connectivity index (χ4n) is 10.6. The van der Waals surface area contributed by atoms with Gasteiger partial charge >= 0.3 is 5.97 Å². The number of primary amides is 3. The predicted molar refractivity (Wildman–Crippen MR) is 355 cm³/mol. The molecule has 36 nitrogen and oxygen atoms in total. The molecule has 0 aliphatic carbocycles. The second kappa shape index (κ2) is 41.4. The first-order valence-corrected chi connectivity index (χ1v) is 32.9. The van der Waals surface area contributed by atoms with E-state index < -0.39 is 193 Å². The lowest BCUT2D eigenvalue weighted by Gasteiger charge is -2.34. The molecular formula is C63H101N19O17. The van der Waals surface area contributed by atoms with Crippen LogP contribution in [0.4, 0.5) is 0 Å². The van der Waals surface area contributed by atoms with Crippen molar-refractivity contribution in [2.75, 3.05) is 13.2 Å². The van der Waals surface area contributed by atoms with E-state index in [1.54, 1.807) is 39.8 Å². The average Bonchev–Trinajstić information content (AvgIpc) is 0.982. The lowest BCUT2D eigenvalue weighted by Crippen LogP contribution is -2.65. The van der Waals surface area contributed by atoms with Crippen LogP contribution in [0, 0.1) is 11.8 Å². The normalized spacial score (nSPS) is 20.8. The number of rotatable bonds is 35. The number of carboxylic acid groups (broad SMARTS) is 1. The minimum absolute atomic E-state index is 0.0144. The Kier molecular flexibility index (Phi) is 34.9. The zero-order valence-electron chi connectivity index (χ0n) is 57.2. The molecule has 36 heteroatoms. The van der Waals surface area contributed by atoms with Gasteiger partial charge in [0.05, 0.1) is 25.7 Å². The summed E-state index contributed by atoms with van der Waals surface area (Å²) in [7, 11) is 0. The summed E-state index contributed by atoms with van der Waals surface area (Å²) in [6.07, 6.45) is 7.02.